The molecular formula is C14H16F3N3. The maximum atomic E-state index is 12.9. The topological polar surface area (TPSA) is 30.7 Å². The van der Waals surface area contributed by atoms with E-state index in [4.69, 9.17) is 0 Å². The minimum atomic E-state index is -4.40. The second kappa shape index (κ2) is 4.92. The monoisotopic (exact) mass is 283 g/mol. The highest BCUT2D eigenvalue weighted by molar-refractivity contribution is 5.59. The van der Waals surface area contributed by atoms with Gasteiger partial charge in [0.2, 0.25) is 0 Å². The summed E-state index contributed by atoms with van der Waals surface area (Å²) in [6, 6.07) is 1.11. The van der Waals surface area contributed by atoms with Gasteiger partial charge < -0.3 is 4.57 Å². The predicted octanol–water partition coefficient (Wildman–Crippen LogP) is 3.93. The molecule has 0 aliphatic carbocycles. The number of alkyl halides is 3. The van der Waals surface area contributed by atoms with Crippen LogP contribution in [0.5, 0.6) is 0 Å². The molecule has 0 spiro atoms. The van der Waals surface area contributed by atoms with Crippen LogP contribution in [0.4, 0.5) is 13.2 Å². The van der Waals surface area contributed by atoms with Crippen molar-refractivity contribution in [2.75, 3.05) is 0 Å². The van der Waals surface area contributed by atoms with Crippen LogP contribution in [0, 0.1) is 6.92 Å². The first-order chi connectivity index (χ1) is 9.20. The van der Waals surface area contributed by atoms with Crippen LogP contribution in [0.1, 0.15) is 36.8 Å². The fraction of sp³-hybridized carbons (Fsp3) is 0.429. The molecule has 3 nitrogen and oxygen atoms in total. The van der Waals surface area contributed by atoms with E-state index in [-0.39, 0.29) is 11.6 Å². The summed E-state index contributed by atoms with van der Waals surface area (Å²) in [5.41, 5.74) is 0.146. The van der Waals surface area contributed by atoms with E-state index < -0.39 is 11.7 Å². The zero-order valence-electron chi connectivity index (χ0n) is 11.8. The van der Waals surface area contributed by atoms with Crippen LogP contribution >= 0.6 is 0 Å². The van der Waals surface area contributed by atoms with Gasteiger partial charge in [-0.2, -0.15) is 13.2 Å². The summed E-state index contributed by atoms with van der Waals surface area (Å²) in [5, 5.41) is 0. The van der Waals surface area contributed by atoms with E-state index in [1.807, 2.05) is 25.5 Å². The molecule has 108 valence electrons. The van der Waals surface area contributed by atoms with E-state index in [2.05, 4.69) is 9.97 Å². The second-order valence-electron chi connectivity index (χ2n) is 5.10. The smallest absolute Gasteiger partial charge is 0.337 e. The summed E-state index contributed by atoms with van der Waals surface area (Å²) in [4.78, 5) is 8.22. The number of hydrogen-bond donors (Lipinski definition) is 0. The first-order valence-corrected chi connectivity index (χ1v) is 6.27. The van der Waals surface area contributed by atoms with E-state index in [0.29, 0.717) is 11.3 Å². The van der Waals surface area contributed by atoms with Gasteiger partial charge in [0.25, 0.3) is 0 Å². The molecule has 0 radical (unpaired) electrons. The van der Waals surface area contributed by atoms with Crippen molar-refractivity contribution in [1.82, 2.24) is 14.5 Å². The minimum Gasteiger partial charge on any atom is -0.337 e. The lowest BCUT2D eigenvalue weighted by Gasteiger charge is -2.10. The number of halogens is 3. The lowest BCUT2D eigenvalue weighted by atomic mass is 10.1. The van der Waals surface area contributed by atoms with Crippen molar-refractivity contribution in [3.8, 4) is 11.3 Å². The summed E-state index contributed by atoms with van der Waals surface area (Å²) >= 11 is 0. The molecule has 0 N–H and O–H groups in total. The summed E-state index contributed by atoms with van der Waals surface area (Å²) in [6.45, 7) is 5.33. The summed E-state index contributed by atoms with van der Waals surface area (Å²) in [5.74, 6) is 1.03. The Kier molecular flexibility index (Phi) is 3.58. The van der Waals surface area contributed by atoms with E-state index in [0.717, 1.165) is 11.9 Å². The lowest BCUT2D eigenvalue weighted by molar-refractivity contribution is -0.138. The SMILES string of the molecule is Cc1ncc(-c2cn(C)c(C(C)C)n2)cc1C(F)(F)F. The van der Waals surface area contributed by atoms with Gasteiger partial charge in [0, 0.05) is 36.6 Å². The fourth-order valence-electron chi connectivity index (χ4n) is 2.12. The Balaban J connectivity index is 2.51. The second-order valence-corrected chi connectivity index (χ2v) is 5.10. The molecule has 20 heavy (non-hydrogen) atoms. The number of aromatic nitrogens is 3. The molecule has 0 bridgehead atoms. The van der Waals surface area contributed by atoms with E-state index in [1.54, 1.807) is 6.20 Å². The number of aryl methyl sites for hydroxylation is 2. The van der Waals surface area contributed by atoms with Crippen molar-refractivity contribution >= 4 is 0 Å². The van der Waals surface area contributed by atoms with E-state index >= 15 is 0 Å². The number of pyridine rings is 1. The molecule has 0 saturated heterocycles. The third kappa shape index (κ3) is 2.69. The highest BCUT2D eigenvalue weighted by Gasteiger charge is 2.33. The van der Waals surface area contributed by atoms with Crippen LogP contribution in [0.3, 0.4) is 0 Å². The average Bonchev–Trinajstić information content (AvgIpc) is 2.70. The Morgan fingerprint density at radius 2 is 1.90 bits per heavy atom. The highest BCUT2D eigenvalue weighted by Crippen LogP contribution is 2.33. The molecule has 0 unspecified atom stereocenters. The first kappa shape index (κ1) is 14.6. The van der Waals surface area contributed by atoms with Crippen LogP contribution in [0.2, 0.25) is 0 Å². The van der Waals surface area contributed by atoms with Crippen LogP contribution in [-0.4, -0.2) is 14.5 Å². The fourth-order valence-corrected chi connectivity index (χ4v) is 2.12. The zero-order valence-corrected chi connectivity index (χ0v) is 11.8. The molecule has 6 heteroatoms. The van der Waals surface area contributed by atoms with Gasteiger partial charge in [-0.3, -0.25) is 4.98 Å². The van der Waals surface area contributed by atoms with Gasteiger partial charge in [-0.05, 0) is 13.0 Å². The Morgan fingerprint density at radius 1 is 1.25 bits per heavy atom. The van der Waals surface area contributed by atoms with Gasteiger partial charge in [-0.25, -0.2) is 4.98 Å². The maximum Gasteiger partial charge on any atom is 0.418 e. The Labute approximate surface area is 115 Å². The number of imidazole rings is 1. The van der Waals surface area contributed by atoms with Gasteiger partial charge in [0.15, 0.2) is 0 Å². The maximum absolute atomic E-state index is 12.9. The first-order valence-electron chi connectivity index (χ1n) is 6.27. The van der Waals surface area contributed by atoms with Crippen molar-refractivity contribution in [3.05, 3.63) is 35.5 Å². The number of nitrogens with zero attached hydrogens (tertiary/aromatic N) is 3. The molecule has 0 atom stereocenters. The summed E-state index contributed by atoms with van der Waals surface area (Å²) in [7, 11) is 1.83. The minimum absolute atomic E-state index is 0.0266. The zero-order chi connectivity index (χ0) is 15.1. The van der Waals surface area contributed by atoms with Crippen molar-refractivity contribution in [2.45, 2.75) is 32.9 Å². The third-order valence-electron chi connectivity index (χ3n) is 3.12. The average molecular weight is 283 g/mol. The van der Waals surface area contributed by atoms with Crippen LogP contribution in [-0.2, 0) is 13.2 Å². The molecule has 0 saturated carbocycles. The third-order valence-corrected chi connectivity index (χ3v) is 3.12. The number of hydrogen-bond acceptors (Lipinski definition) is 2. The summed E-state index contributed by atoms with van der Waals surface area (Å²) in [6.07, 6.45) is -1.25. The van der Waals surface area contributed by atoms with Crippen LogP contribution in [0.15, 0.2) is 18.5 Å². The van der Waals surface area contributed by atoms with Crippen molar-refractivity contribution in [2.24, 2.45) is 7.05 Å². The molecule has 2 heterocycles. The highest BCUT2D eigenvalue weighted by atomic mass is 19.4. The van der Waals surface area contributed by atoms with Gasteiger partial charge in [0.05, 0.1) is 11.3 Å². The van der Waals surface area contributed by atoms with E-state index in [1.165, 1.54) is 13.1 Å². The quantitative estimate of drug-likeness (QED) is 0.836. The van der Waals surface area contributed by atoms with Gasteiger partial charge in [-0.1, -0.05) is 13.8 Å². The van der Waals surface area contributed by atoms with Gasteiger partial charge >= 0.3 is 6.18 Å². The molecule has 2 rings (SSSR count). The van der Waals surface area contributed by atoms with E-state index in [9.17, 15) is 13.2 Å². The largest absolute Gasteiger partial charge is 0.418 e. The van der Waals surface area contributed by atoms with Crippen molar-refractivity contribution in [3.63, 3.8) is 0 Å². The Morgan fingerprint density at radius 3 is 2.40 bits per heavy atom. The predicted molar refractivity (Wildman–Crippen MR) is 70.3 cm³/mol. The molecule has 0 fully saturated rings. The molecule has 0 aliphatic rings. The Bertz CT molecular complexity index is 627. The van der Waals surface area contributed by atoms with Crippen molar-refractivity contribution in [1.29, 1.82) is 0 Å². The lowest BCUT2D eigenvalue weighted by Crippen LogP contribution is -2.09. The standard InChI is InChI=1S/C14H16F3N3/c1-8(2)13-19-12(7-20(13)4)10-5-11(14(15,16)17)9(3)18-6-10/h5-8H,1-4H3. The molecule has 2 aromatic rings. The molecule has 0 amide bonds. The van der Waals surface area contributed by atoms with Gasteiger partial charge in [-0.15, -0.1) is 0 Å². The molecular weight excluding hydrogens is 267 g/mol. The molecule has 0 aliphatic heterocycles. The normalized spacial score (nSPS) is 12.2. The van der Waals surface area contributed by atoms with Gasteiger partial charge in [0.1, 0.15) is 5.82 Å². The van der Waals surface area contributed by atoms with Crippen LogP contribution < -0.4 is 0 Å². The van der Waals surface area contributed by atoms with Crippen LogP contribution in [0.25, 0.3) is 11.3 Å². The Hall–Kier alpha value is -1.85. The molecule has 2 aromatic heterocycles. The number of rotatable bonds is 2. The molecule has 0 aromatic carbocycles. The van der Waals surface area contributed by atoms with Crippen molar-refractivity contribution < 1.29 is 13.2 Å². The summed E-state index contributed by atoms with van der Waals surface area (Å²) < 4.78 is 40.5.